The Bertz CT molecular complexity index is 403. The van der Waals surface area contributed by atoms with Gasteiger partial charge in [-0.05, 0) is 31.1 Å². The highest BCUT2D eigenvalue weighted by Gasteiger charge is 2.15. The van der Waals surface area contributed by atoms with E-state index in [0.29, 0.717) is 12.7 Å². The van der Waals surface area contributed by atoms with Crippen LogP contribution in [0.4, 0.5) is 0 Å². The third-order valence-electron chi connectivity index (χ3n) is 2.84. The van der Waals surface area contributed by atoms with Crippen molar-refractivity contribution in [3.05, 3.63) is 28.0 Å². The highest BCUT2D eigenvalue weighted by Crippen LogP contribution is 2.24. The maximum absolute atomic E-state index is 10.4. The van der Waals surface area contributed by atoms with Gasteiger partial charge in [-0.1, -0.05) is 12.8 Å². The Morgan fingerprint density at radius 2 is 2.24 bits per heavy atom. The van der Waals surface area contributed by atoms with Crippen molar-refractivity contribution in [2.24, 2.45) is 0 Å². The second-order valence-electron chi connectivity index (χ2n) is 4.19. The molecule has 1 saturated carbocycles. The van der Waals surface area contributed by atoms with E-state index in [0.717, 1.165) is 15.8 Å². The second kappa shape index (κ2) is 5.98. The van der Waals surface area contributed by atoms with E-state index >= 15 is 0 Å². The number of carboxylic acid groups (broad SMARTS) is 1. The molecule has 1 fully saturated rings. The van der Waals surface area contributed by atoms with Crippen molar-refractivity contribution in [2.45, 2.75) is 38.4 Å². The molecule has 0 saturated heterocycles. The average Bonchev–Trinajstić information content (AvgIpc) is 2.95. The molecule has 1 aliphatic carbocycles. The first-order valence-corrected chi connectivity index (χ1v) is 6.67. The molecule has 4 heteroatoms. The first-order chi connectivity index (χ1) is 8.24. The summed E-state index contributed by atoms with van der Waals surface area (Å²) >= 11 is 1.58. The van der Waals surface area contributed by atoms with Crippen molar-refractivity contribution in [3.63, 3.8) is 0 Å². The summed E-state index contributed by atoms with van der Waals surface area (Å²) in [5, 5.41) is 8.52. The fourth-order valence-corrected chi connectivity index (χ4v) is 2.81. The lowest BCUT2D eigenvalue weighted by Gasteiger charge is -2.09. The minimum atomic E-state index is -0.915. The molecule has 0 amide bonds. The van der Waals surface area contributed by atoms with Crippen LogP contribution in [0.25, 0.3) is 6.08 Å². The molecule has 0 atom stereocenters. The molecule has 1 aromatic heterocycles. The Labute approximate surface area is 105 Å². The van der Waals surface area contributed by atoms with Gasteiger partial charge in [0.1, 0.15) is 0 Å². The second-order valence-corrected chi connectivity index (χ2v) is 5.39. The standard InChI is InChI=1S/C13H16O3S/c14-13(15)8-7-11-5-6-12(17-11)9-16-10-3-1-2-4-10/h5-8,10H,1-4,9H2,(H,14,15). The van der Waals surface area contributed by atoms with Gasteiger partial charge in [0.25, 0.3) is 0 Å². The molecule has 0 aromatic carbocycles. The van der Waals surface area contributed by atoms with E-state index in [1.54, 1.807) is 17.4 Å². The SMILES string of the molecule is O=C(O)C=Cc1ccc(COC2CCCC2)s1. The monoisotopic (exact) mass is 252 g/mol. The third kappa shape index (κ3) is 3.98. The predicted octanol–water partition coefficient (Wildman–Crippen LogP) is 3.31. The van der Waals surface area contributed by atoms with Crippen LogP contribution in [-0.2, 0) is 16.1 Å². The fourth-order valence-electron chi connectivity index (χ4n) is 1.97. The summed E-state index contributed by atoms with van der Waals surface area (Å²) in [5.41, 5.74) is 0. The van der Waals surface area contributed by atoms with Crippen LogP contribution in [0.5, 0.6) is 0 Å². The molecule has 3 nitrogen and oxygen atoms in total. The van der Waals surface area contributed by atoms with E-state index in [4.69, 9.17) is 9.84 Å². The Kier molecular flexibility index (Phi) is 4.34. The van der Waals surface area contributed by atoms with E-state index in [-0.39, 0.29) is 0 Å². The van der Waals surface area contributed by atoms with Gasteiger partial charge in [-0.2, -0.15) is 0 Å². The molecule has 0 spiro atoms. The summed E-state index contributed by atoms with van der Waals surface area (Å²) in [4.78, 5) is 12.5. The highest BCUT2D eigenvalue weighted by molar-refractivity contribution is 7.12. The van der Waals surface area contributed by atoms with Gasteiger partial charge in [-0.3, -0.25) is 0 Å². The Hall–Kier alpha value is -1.13. The van der Waals surface area contributed by atoms with Crippen molar-refractivity contribution in [1.82, 2.24) is 0 Å². The van der Waals surface area contributed by atoms with E-state index in [1.807, 2.05) is 12.1 Å². The molecular formula is C13H16O3S. The molecule has 17 heavy (non-hydrogen) atoms. The van der Waals surface area contributed by atoms with Gasteiger partial charge >= 0.3 is 5.97 Å². The van der Waals surface area contributed by atoms with Crippen LogP contribution >= 0.6 is 11.3 Å². The maximum Gasteiger partial charge on any atom is 0.328 e. The molecule has 1 N–H and O–H groups in total. The fraction of sp³-hybridized carbons (Fsp3) is 0.462. The Morgan fingerprint density at radius 1 is 1.47 bits per heavy atom. The molecule has 0 aliphatic heterocycles. The van der Waals surface area contributed by atoms with Gasteiger partial charge in [0, 0.05) is 15.8 Å². The van der Waals surface area contributed by atoms with Gasteiger partial charge < -0.3 is 9.84 Å². The van der Waals surface area contributed by atoms with Crippen molar-refractivity contribution in [2.75, 3.05) is 0 Å². The minimum Gasteiger partial charge on any atom is -0.478 e. The lowest BCUT2D eigenvalue weighted by atomic mass is 10.3. The van der Waals surface area contributed by atoms with E-state index in [9.17, 15) is 4.79 Å². The minimum absolute atomic E-state index is 0.426. The van der Waals surface area contributed by atoms with Crippen LogP contribution in [0.2, 0.25) is 0 Å². The molecule has 1 aliphatic rings. The molecular weight excluding hydrogens is 236 g/mol. The smallest absolute Gasteiger partial charge is 0.328 e. The zero-order valence-electron chi connectivity index (χ0n) is 9.59. The van der Waals surface area contributed by atoms with Crippen LogP contribution in [0.3, 0.4) is 0 Å². The van der Waals surface area contributed by atoms with Gasteiger partial charge in [0.05, 0.1) is 12.7 Å². The van der Waals surface area contributed by atoms with Crippen LogP contribution in [0.15, 0.2) is 18.2 Å². The molecule has 92 valence electrons. The zero-order valence-corrected chi connectivity index (χ0v) is 10.4. The van der Waals surface area contributed by atoms with Crippen molar-refractivity contribution < 1.29 is 14.6 Å². The number of aliphatic carboxylic acids is 1. The van der Waals surface area contributed by atoms with Crippen LogP contribution in [0.1, 0.15) is 35.4 Å². The normalized spacial score (nSPS) is 16.9. The number of hydrogen-bond acceptors (Lipinski definition) is 3. The summed E-state index contributed by atoms with van der Waals surface area (Å²) in [7, 11) is 0. The predicted molar refractivity (Wildman–Crippen MR) is 68.0 cm³/mol. The summed E-state index contributed by atoms with van der Waals surface area (Å²) in [6.45, 7) is 0.649. The first-order valence-electron chi connectivity index (χ1n) is 5.85. The lowest BCUT2D eigenvalue weighted by Crippen LogP contribution is -2.06. The number of rotatable bonds is 5. The molecule has 0 bridgehead atoms. The van der Waals surface area contributed by atoms with Crippen LogP contribution < -0.4 is 0 Å². The maximum atomic E-state index is 10.4. The van der Waals surface area contributed by atoms with E-state index in [2.05, 4.69) is 0 Å². The zero-order chi connectivity index (χ0) is 12.1. The topological polar surface area (TPSA) is 46.5 Å². The van der Waals surface area contributed by atoms with Crippen LogP contribution in [0, 0.1) is 0 Å². The Balaban J connectivity index is 1.83. The summed E-state index contributed by atoms with van der Waals surface area (Å²) in [5.74, 6) is -0.915. The summed E-state index contributed by atoms with van der Waals surface area (Å²) < 4.78 is 5.80. The molecule has 2 rings (SSSR count). The van der Waals surface area contributed by atoms with Gasteiger partial charge in [0.2, 0.25) is 0 Å². The summed E-state index contributed by atoms with van der Waals surface area (Å²) in [6.07, 6.45) is 8.12. The van der Waals surface area contributed by atoms with E-state index < -0.39 is 5.97 Å². The van der Waals surface area contributed by atoms with Crippen LogP contribution in [-0.4, -0.2) is 17.2 Å². The Morgan fingerprint density at radius 3 is 2.94 bits per heavy atom. The number of carboxylic acids is 1. The largest absolute Gasteiger partial charge is 0.478 e. The van der Waals surface area contributed by atoms with Crippen molar-refractivity contribution in [1.29, 1.82) is 0 Å². The van der Waals surface area contributed by atoms with Gasteiger partial charge in [-0.15, -0.1) is 11.3 Å². The molecule has 1 heterocycles. The lowest BCUT2D eigenvalue weighted by molar-refractivity contribution is -0.131. The number of thiophene rings is 1. The van der Waals surface area contributed by atoms with E-state index in [1.165, 1.54) is 25.7 Å². The molecule has 0 radical (unpaired) electrons. The highest BCUT2D eigenvalue weighted by atomic mass is 32.1. The number of ether oxygens (including phenoxy) is 1. The third-order valence-corrected chi connectivity index (χ3v) is 3.86. The average molecular weight is 252 g/mol. The van der Waals surface area contributed by atoms with Gasteiger partial charge in [0.15, 0.2) is 0 Å². The quantitative estimate of drug-likeness (QED) is 0.818. The molecule has 0 unspecified atom stereocenters. The summed E-state index contributed by atoms with van der Waals surface area (Å²) in [6, 6.07) is 3.93. The number of carbonyl (C=O) groups is 1. The van der Waals surface area contributed by atoms with Crippen molar-refractivity contribution >= 4 is 23.4 Å². The number of hydrogen-bond donors (Lipinski definition) is 1. The van der Waals surface area contributed by atoms with Crippen molar-refractivity contribution in [3.8, 4) is 0 Å². The first kappa shape index (κ1) is 12.3. The molecule has 1 aromatic rings. The van der Waals surface area contributed by atoms with Gasteiger partial charge in [-0.25, -0.2) is 4.79 Å².